The van der Waals surface area contributed by atoms with E-state index >= 15 is 0 Å². The van der Waals surface area contributed by atoms with Gasteiger partial charge in [-0.05, 0) is 36.9 Å². The van der Waals surface area contributed by atoms with Crippen LogP contribution in [0.15, 0.2) is 35.6 Å². The number of hydrogen-bond donors (Lipinski definition) is 2. The molecule has 2 N–H and O–H groups in total. The zero-order valence-electron chi connectivity index (χ0n) is 7.30. The van der Waals surface area contributed by atoms with E-state index in [0.29, 0.717) is 6.04 Å². The molecule has 2 heteroatoms. The second-order valence-electron chi connectivity index (χ2n) is 3.17. The summed E-state index contributed by atoms with van der Waals surface area (Å²) in [6.45, 7) is 0.973. The molecule has 0 saturated heterocycles. The molecule has 0 aromatic heterocycles. The van der Waals surface area contributed by atoms with Crippen LogP contribution in [0.1, 0.15) is 6.42 Å². The quantitative estimate of drug-likeness (QED) is 0.600. The van der Waals surface area contributed by atoms with Gasteiger partial charge in [0, 0.05) is 12.6 Å². The summed E-state index contributed by atoms with van der Waals surface area (Å²) < 4.78 is 0. The van der Waals surface area contributed by atoms with E-state index < -0.39 is 0 Å². The Morgan fingerprint density at radius 2 is 2.42 bits per heavy atom. The van der Waals surface area contributed by atoms with Crippen molar-refractivity contribution >= 4 is 0 Å². The minimum absolute atomic E-state index is 0.517. The van der Waals surface area contributed by atoms with Crippen LogP contribution in [0.4, 0.5) is 0 Å². The Labute approximate surface area is 73.0 Å². The van der Waals surface area contributed by atoms with E-state index in [4.69, 9.17) is 0 Å². The Morgan fingerprint density at radius 3 is 3.25 bits per heavy atom. The van der Waals surface area contributed by atoms with Crippen molar-refractivity contribution in [2.75, 3.05) is 13.6 Å². The fourth-order valence-corrected chi connectivity index (χ4v) is 1.77. The molecule has 0 spiro atoms. The van der Waals surface area contributed by atoms with Gasteiger partial charge in [0.2, 0.25) is 0 Å². The summed E-state index contributed by atoms with van der Waals surface area (Å²) >= 11 is 0. The van der Waals surface area contributed by atoms with Crippen molar-refractivity contribution < 1.29 is 0 Å². The molecule has 2 nitrogen and oxygen atoms in total. The summed E-state index contributed by atoms with van der Waals surface area (Å²) in [5.41, 5.74) is 2.86. The highest BCUT2D eigenvalue weighted by molar-refractivity contribution is 5.43. The maximum Gasteiger partial charge on any atom is 0.0398 e. The number of rotatable bonds is 1. The number of likely N-dealkylation sites (N-methyl/N-ethyl adjacent to an activating group) is 1. The van der Waals surface area contributed by atoms with Gasteiger partial charge in [-0.1, -0.05) is 12.2 Å². The first-order valence-electron chi connectivity index (χ1n) is 4.38. The van der Waals surface area contributed by atoms with Gasteiger partial charge >= 0.3 is 0 Å². The summed E-state index contributed by atoms with van der Waals surface area (Å²) in [4.78, 5) is 0. The van der Waals surface area contributed by atoms with Crippen molar-refractivity contribution in [3.05, 3.63) is 35.6 Å². The minimum atomic E-state index is 0.517. The molecule has 64 valence electrons. The van der Waals surface area contributed by atoms with E-state index in [1.54, 1.807) is 0 Å². The third-order valence-corrected chi connectivity index (χ3v) is 2.46. The zero-order chi connectivity index (χ0) is 8.39. The van der Waals surface area contributed by atoms with E-state index in [0.717, 1.165) is 13.0 Å². The lowest BCUT2D eigenvalue weighted by atomic mass is 9.91. The second kappa shape index (κ2) is 3.15. The predicted octanol–water partition coefficient (Wildman–Crippen LogP) is 0.948. The molecule has 0 aromatic carbocycles. The van der Waals surface area contributed by atoms with Crippen LogP contribution < -0.4 is 10.6 Å². The summed E-state index contributed by atoms with van der Waals surface area (Å²) in [5, 5.41) is 6.53. The first kappa shape index (κ1) is 7.62. The first-order chi connectivity index (χ1) is 5.92. The van der Waals surface area contributed by atoms with Crippen LogP contribution in [0.25, 0.3) is 0 Å². The SMILES string of the molecule is CNC1CC=CC2=C1C=CNC2. The van der Waals surface area contributed by atoms with Gasteiger partial charge in [0.25, 0.3) is 0 Å². The van der Waals surface area contributed by atoms with Crippen LogP contribution in [-0.4, -0.2) is 19.6 Å². The third-order valence-electron chi connectivity index (χ3n) is 2.46. The molecule has 0 amide bonds. The Hall–Kier alpha value is -1.02. The molecule has 0 aromatic rings. The van der Waals surface area contributed by atoms with Gasteiger partial charge in [-0.25, -0.2) is 0 Å². The molecule has 0 bridgehead atoms. The third kappa shape index (κ3) is 1.18. The molecule has 0 fully saturated rings. The smallest absolute Gasteiger partial charge is 0.0398 e. The van der Waals surface area contributed by atoms with Crippen molar-refractivity contribution in [2.24, 2.45) is 0 Å². The monoisotopic (exact) mass is 162 g/mol. The van der Waals surface area contributed by atoms with Crippen molar-refractivity contribution in [2.45, 2.75) is 12.5 Å². The van der Waals surface area contributed by atoms with Crippen LogP contribution in [0.2, 0.25) is 0 Å². The number of dihydropyridines is 1. The molecule has 0 saturated carbocycles. The average molecular weight is 162 g/mol. The number of hydrogen-bond acceptors (Lipinski definition) is 2. The van der Waals surface area contributed by atoms with Crippen LogP contribution in [-0.2, 0) is 0 Å². The highest BCUT2D eigenvalue weighted by atomic mass is 14.9. The Kier molecular flexibility index (Phi) is 2.00. The van der Waals surface area contributed by atoms with Crippen LogP contribution in [0.3, 0.4) is 0 Å². The molecule has 0 radical (unpaired) electrons. The van der Waals surface area contributed by atoms with Gasteiger partial charge in [-0.3, -0.25) is 0 Å². The van der Waals surface area contributed by atoms with Gasteiger partial charge < -0.3 is 10.6 Å². The van der Waals surface area contributed by atoms with Gasteiger partial charge in [-0.15, -0.1) is 0 Å². The maximum absolute atomic E-state index is 3.31. The zero-order valence-corrected chi connectivity index (χ0v) is 7.30. The Bertz CT molecular complexity index is 261. The van der Waals surface area contributed by atoms with Crippen LogP contribution in [0.5, 0.6) is 0 Å². The predicted molar refractivity (Wildman–Crippen MR) is 50.8 cm³/mol. The summed E-state index contributed by atoms with van der Waals surface area (Å²) in [6.07, 6.45) is 9.77. The minimum Gasteiger partial charge on any atom is -0.387 e. The van der Waals surface area contributed by atoms with Gasteiger partial charge in [0.15, 0.2) is 0 Å². The van der Waals surface area contributed by atoms with Crippen molar-refractivity contribution in [1.82, 2.24) is 10.6 Å². The van der Waals surface area contributed by atoms with E-state index in [9.17, 15) is 0 Å². The fraction of sp³-hybridized carbons (Fsp3) is 0.400. The molecule has 2 rings (SSSR count). The molecular weight excluding hydrogens is 148 g/mol. The fourth-order valence-electron chi connectivity index (χ4n) is 1.77. The largest absolute Gasteiger partial charge is 0.387 e. The first-order valence-corrected chi connectivity index (χ1v) is 4.38. The normalized spacial score (nSPS) is 26.9. The summed E-state index contributed by atoms with van der Waals surface area (Å²) in [5.74, 6) is 0. The van der Waals surface area contributed by atoms with Crippen LogP contribution >= 0.6 is 0 Å². The molecular formula is C10H14N2. The van der Waals surface area contributed by atoms with E-state index in [2.05, 4.69) is 28.9 Å². The summed E-state index contributed by atoms with van der Waals surface area (Å²) in [7, 11) is 2.02. The molecule has 1 aliphatic carbocycles. The highest BCUT2D eigenvalue weighted by Gasteiger charge is 2.17. The summed E-state index contributed by atoms with van der Waals surface area (Å²) in [6, 6.07) is 0.517. The van der Waals surface area contributed by atoms with Gasteiger partial charge in [0.1, 0.15) is 0 Å². The van der Waals surface area contributed by atoms with Crippen molar-refractivity contribution in [3.63, 3.8) is 0 Å². The van der Waals surface area contributed by atoms with E-state index in [1.807, 2.05) is 13.2 Å². The Morgan fingerprint density at radius 1 is 1.50 bits per heavy atom. The lowest BCUT2D eigenvalue weighted by molar-refractivity contribution is 0.635. The molecule has 1 unspecified atom stereocenters. The number of nitrogens with one attached hydrogen (secondary N) is 2. The van der Waals surface area contributed by atoms with E-state index in [1.165, 1.54) is 11.1 Å². The molecule has 12 heavy (non-hydrogen) atoms. The van der Waals surface area contributed by atoms with Gasteiger partial charge in [0.05, 0.1) is 0 Å². The average Bonchev–Trinajstić information content (AvgIpc) is 2.17. The molecule has 1 atom stereocenters. The maximum atomic E-state index is 3.31. The lowest BCUT2D eigenvalue weighted by Crippen LogP contribution is -2.31. The van der Waals surface area contributed by atoms with Crippen molar-refractivity contribution in [3.8, 4) is 0 Å². The second-order valence-corrected chi connectivity index (χ2v) is 3.17. The van der Waals surface area contributed by atoms with Gasteiger partial charge in [-0.2, -0.15) is 0 Å². The van der Waals surface area contributed by atoms with Crippen LogP contribution in [0, 0.1) is 0 Å². The molecule has 1 aliphatic heterocycles. The standard InChI is InChI=1S/C10H14N2/c1-11-10-4-2-3-8-7-12-6-5-9(8)10/h2-3,5-6,10-12H,4,7H2,1H3. The molecule has 1 heterocycles. The van der Waals surface area contributed by atoms with E-state index in [-0.39, 0.29) is 0 Å². The highest BCUT2D eigenvalue weighted by Crippen LogP contribution is 2.21. The lowest BCUT2D eigenvalue weighted by Gasteiger charge is -2.25. The Balaban J connectivity index is 2.30. The topological polar surface area (TPSA) is 24.1 Å². The van der Waals surface area contributed by atoms with Crippen molar-refractivity contribution in [1.29, 1.82) is 0 Å². The molecule has 2 aliphatic rings.